The third-order valence-corrected chi connectivity index (χ3v) is 7.76. The fourth-order valence-corrected chi connectivity index (χ4v) is 5.98. The van der Waals surface area contributed by atoms with Crippen LogP contribution < -0.4 is 0 Å². The molecule has 0 radical (unpaired) electrons. The lowest BCUT2D eigenvalue weighted by Crippen LogP contribution is -2.47. The smallest absolute Gasteiger partial charge is 0.107 e. The van der Waals surface area contributed by atoms with Gasteiger partial charge >= 0.3 is 0 Å². The van der Waals surface area contributed by atoms with Gasteiger partial charge in [-0.1, -0.05) is 29.3 Å². The van der Waals surface area contributed by atoms with Crippen molar-refractivity contribution >= 4 is 34.2 Å². The Kier molecular flexibility index (Phi) is 5.76. The van der Waals surface area contributed by atoms with Crippen LogP contribution in [0.2, 0.25) is 10.0 Å². The van der Waals surface area contributed by atoms with Crippen LogP contribution >= 0.6 is 23.2 Å². The van der Waals surface area contributed by atoms with E-state index in [9.17, 15) is 0 Å². The van der Waals surface area contributed by atoms with Crippen LogP contribution in [0.5, 0.6) is 0 Å². The van der Waals surface area contributed by atoms with Gasteiger partial charge < -0.3 is 14.2 Å². The zero-order valence-electron chi connectivity index (χ0n) is 18.4. The van der Waals surface area contributed by atoms with E-state index in [1.54, 1.807) is 0 Å². The van der Waals surface area contributed by atoms with Crippen LogP contribution in [0.1, 0.15) is 35.0 Å². The van der Waals surface area contributed by atoms with Crippen molar-refractivity contribution in [3.8, 4) is 0 Å². The van der Waals surface area contributed by atoms with Gasteiger partial charge in [-0.25, -0.2) is 4.98 Å². The van der Waals surface area contributed by atoms with E-state index in [1.165, 1.54) is 22.2 Å². The summed E-state index contributed by atoms with van der Waals surface area (Å²) in [5.74, 6) is 1.68. The number of likely N-dealkylation sites (tertiary alicyclic amines) is 1. The lowest BCUT2D eigenvalue weighted by Gasteiger charge is -2.40. The molecular formula is C25H29Cl2N3O. The van der Waals surface area contributed by atoms with Crippen molar-refractivity contribution in [1.82, 2.24) is 14.5 Å². The molecule has 2 atom stereocenters. The van der Waals surface area contributed by atoms with Crippen molar-refractivity contribution in [3.05, 3.63) is 62.9 Å². The van der Waals surface area contributed by atoms with Crippen molar-refractivity contribution in [3.63, 3.8) is 0 Å². The number of aryl methyl sites for hydroxylation is 2. The Morgan fingerprint density at radius 1 is 1.06 bits per heavy atom. The molecule has 31 heavy (non-hydrogen) atoms. The maximum absolute atomic E-state index is 6.23. The first-order valence-electron chi connectivity index (χ1n) is 11.1. The fourth-order valence-electron chi connectivity index (χ4n) is 5.61. The van der Waals surface area contributed by atoms with Crippen LogP contribution in [0.4, 0.5) is 0 Å². The summed E-state index contributed by atoms with van der Waals surface area (Å²) in [6.45, 7) is 7.33. The molecule has 0 unspecified atom stereocenters. The van der Waals surface area contributed by atoms with Crippen molar-refractivity contribution in [2.24, 2.45) is 5.92 Å². The molecule has 2 aromatic carbocycles. The Labute approximate surface area is 194 Å². The molecule has 0 bridgehead atoms. The number of hydrogen-bond donors (Lipinski definition) is 0. The number of aromatic nitrogens is 2. The minimum Gasteiger partial charge on any atom is -0.378 e. The molecule has 1 aromatic heterocycles. The van der Waals surface area contributed by atoms with Gasteiger partial charge in [0.15, 0.2) is 0 Å². The number of rotatable bonds is 4. The number of methoxy groups -OCH3 is 1. The topological polar surface area (TPSA) is 30.3 Å². The monoisotopic (exact) mass is 457 g/mol. The first-order valence-corrected chi connectivity index (χ1v) is 11.9. The third-order valence-electron chi connectivity index (χ3n) is 7.04. The van der Waals surface area contributed by atoms with Crippen LogP contribution in [-0.4, -0.2) is 47.3 Å². The summed E-state index contributed by atoms with van der Waals surface area (Å²) in [7, 11) is 1.84. The number of ether oxygens (including phenoxy) is 1. The van der Waals surface area contributed by atoms with Crippen molar-refractivity contribution < 1.29 is 4.74 Å². The zero-order chi connectivity index (χ0) is 21.7. The average molecular weight is 458 g/mol. The van der Waals surface area contributed by atoms with E-state index >= 15 is 0 Å². The Hall–Kier alpha value is -1.59. The SMILES string of the molecule is CO[C@@H]1CN(CC2Cc3cc(Cl)c(Cl)cc3C2)CC[C@@H]1n1c(C)nc2cc(C)ccc21. The molecule has 0 N–H and O–H groups in total. The average Bonchev–Trinajstić information content (AvgIpc) is 3.26. The van der Waals surface area contributed by atoms with Crippen LogP contribution in [0, 0.1) is 19.8 Å². The van der Waals surface area contributed by atoms with Crippen LogP contribution in [0.3, 0.4) is 0 Å². The molecule has 164 valence electrons. The summed E-state index contributed by atoms with van der Waals surface area (Å²) in [6.07, 6.45) is 3.37. The van der Waals surface area contributed by atoms with E-state index in [0.29, 0.717) is 22.0 Å². The van der Waals surface area contributed by atoms with Crippen LogP contribution in [0.25, 0.3) is 11.0 Å². The predicted octanol–water partition coefficient (Wildman–Crippen LogP) is 5.64. The maximum Gasteiger partial charge on any atom is 0.107 e. The third kappa shape index (κ3) is 4.00. The second kappa shape index (κ2) is 8.40. The second-order valence-corrected chi connectivity index (χ2v) is 10.0. The van der Waals surface area contributed by atoms with Gasteiger partial charge in [-0.15, -0.1) is 0 Å². The number of nitrogens with zero attached hydrogens (tertiary/aromatic N) is 3. The number of halogens is 2. The summed E-state index contributed by atoms with van der Waals surface area (Å²) in [5.41, 5.74) is 6.25. The molecule has 0 spiro atoms. The van der Waals surface area contributed by atoms with E-state index in [1.807, 2.05) is 7.11 Å². The standard InChI is InChI=1S/C25H29Cl2N3O/c1-15-4-5-23-22(8-15)28-16(2)30(23)24-6-7-29(14-25(24)31-3)13-17-9-18-11-20(26)21(27)12-19(18)10-17/h4-5,8,11-12,17,24-25H,6-7,9-10,13-14H2,1-3H3/t24-,25+/m0/s1. The summed E-state index contributed by atoms with van der Waals surface area (Å²) in [4.78, 5) is 7.40. The van der Waals surface area contributed by atoms with E-state index in [0.717, 1.165) is 50.2 Å². The fraction of sp³-hybridized carbons (Fsp3) is 0.480. The predicted molar refractivity (Wildman–Crippen MR) is 127 cm³/mol. The molecule has 2 heterocycles. The molecule has 6 heteroatoms. The quantitative estimate of drug-likeness (QED) is 0.507. The van der Waals surface area contributed by atoms with E-state index in [-0.39, 0.29) is 6.10 Å². The first kappa shape index (κ1) is 21.3. The Morgan fingerprint density at radius 3 is 2.45 bits per heavy atom. The number of fused-ring (bicyclic) bond motifs is 2. The molecule has 0 saturated carbocycles. The van der Waals surface area contributed by atoms with Crippen LogP contribution in [0.15, 0.2) is 30.3 Å². The van der Waals surface area contributed by atoms with E-state index in [2.05, 4.69) is 53.6 Å². The first-order chi connectivity index (χ1) is 14.9. The summed E-state index contributed by atoms with van der Waals surface area (Å²) in [5, 5.41) is 1.33. The normalized spacial score (nSPS) is 22.4. The highest BCUT2D eigenvalue weighted by Crippen LogP contribution is 2.35. The zero-order valence-corrected chi connectivity index (χ0v) is 19.9. The molecule has 1 aliphatic heterocycles. The Morgan fingerprint density at radius 2 is 1.77 bits per heavy atom. The van der Waals surface area contributed by atoms with Crippen molar-refractivity contribution in [2.75, 3.05) is 26.7 Å². The number of piperidine rings is 1. The maximum atomic E-state index is 6.23. The number of imidazole rings is 1. The van der Waals surface area contributed by atoms with Gasteiger partial charge in [0.1, 0.15) is 5.82 Å². The van der Waals surface area contributed by atoms with Gasteiger partial charge in [-0.05, 0) is 80.0 Å². The molecule has 5 rings (SSSR count). The van der Waals surface area contributed by atoms with Gasteiger partial charge in [-0.3, -0.25) is 0 Å². The molecule has 4 nitrogen and oxygen atoms in total. The molecule has 0 amide bonds. The lowest BCUT2D eigenvalue weighted by molar-refractivity contribution is -0.00928. The second-order valence-electron chi connectivity index (χ2n) is 9.22. The van der Waals surface area contributed by atoms with Gasteiger partial charge in [0.05, 0.1) is 33.2 Å². The Balaban J connectivity index is 1.30. The number of benzene rings is 2. The molecule has 1 aliphatic carbocycles. The Bertz CT molecular complexity index is 1090. The molecule has 1 saturated heterocycles. The molecule has 2 aliphatic rings. The van der Waals surface area contributed by atoms with E-state index < -0.39 is 0 Å². The molecule has 3 aromatic rings. The van der Waals surface area contributed by atoms with Crippen LogP contribution in [-0.2, 0) is 17.6 Å². The largest absolute Gasteiger partial charge is 0.378 e. The minimum atomic E-state index is 0.152. The van der Waals surface area contributed by atoms with Crippen molar-refractivity contribution in [1.29, 1.82) is 0 Å². The summed E-state index contributed by atoms with van der Waals surface area (Å²) >= 11 is 12.5. The van der Waals surface area contributed by atoms with E-state index in [4.69, 9.17) is 32.9 Å². The van der Waals surface area contributed by atoms with Gasteiger partial charge in [0.2, 0.25) is 0 Å². The summed E-state index contributed by atoms with van der Waals surface area (Å²) in [6, 6.07) is 11.0. The van der Waals surface area contributed by atoms with Crippen molar-refractivity contribution in [2.45, 2.75) is 45.3 Å². The highest BCUT2D eigenvalue weighted by atomic mass is 35.5. The van der Waals surface area contributed by atoms with Gasteiger partial charge in [-0.2, -0.15) is 0 Å². The number of hydrogen-bond acceptors (Lipinski definition) is 3. The highest BCUT2D eigenvalue weighted by molar-refractivity contribution is 6.42. The molecule has 1 fully saturated rings. The van der Waals surface area contributed by atoms with Gasteiger partial charge in [0, 0.05) is 26.7 Å². The lowest BCUT2D eigenvalue weighted by atomic mass is 9.98. The van der Waals surface area contributed by atoms with Gasteiger partial charge in [0.25, 0.3) is 0 Å². The highest BCUT2D eigenvalue weighted by Gasteiger charge is 2.34. The summed E-state index contributed by atoms with van der Waals surface area (Å²) < 4.78 is 8.42. The molecular weight excluding hydrogens is 429 g/mol. The minimum absolute atomic E-state index is 0.152.